The first-order chi connectivity index (χ1) is 19.1. The molecule has 0 aliphatic rings. The van der Waals surface area contributed by atoms with Crippen LogP contribution in [-0.4, -0.2) is 63.7 Å². The van der Waals surface area contributed by atoms with Gasteiger partial charge in [0.1, 0.15) is 18.1 Å². The second-order valence-electron chi connectivity index (χ2n) is 10.2. The van der Waals surface area contributed by atoms with Crippen molar-refractivity contribution in [2.24, 2.45) is 11.7 Å². The molecule has 0 saturated carbocycles. The number of hydrogen-bond acceptors (Lipinski definition) is 6. The molecule has 7 N–H and O–H groups in total. The lowest BCUT2D eigenvalue weighted by Gasteiger charge is -2.25. The van der Waals surface area contributed by atoms with Crippen LogP contribution >= 0.6 is 12.6 Å². The highest BCUT2D eigenvalue weighted by atomic mass is 32.1. The Hall–Kier alpha value is -3.83. The van der Waals surface area contributed by atoms with Gasteiger partial charge in [0, 0.05) is 35.7 Å². The Morgan fingerprint density at radius 1 is 0.850 bits per heavy atom. The maximum absolute atomic E-state index is 13.5. The van der Waals surface area contributed by atoms with Crippen LogP contribution in [-0.2, 0) is 32.0 Å². The Balaban J connectivity index is 1.81. The van der Waals surface area contributed by atoms with Gasteiger partial charge in [-0.15, -0.1) is 0 Å². The Morgan fingerprint density at radius 2 is 1.45 bits per heavy atom. The minimum Gasteiger partial charge on any atom is -0.480 e. The number of aliphatic carboxylic acids is 1. The smallest absolute Gasteiger partial charge is 0.326 e. The minimum absolute atomic E-state index is 0.0286. The molecule has 0 aliphatic carbocycles. The zero-order valence-electron chi connectivity index (χ0n) is 22.6. The molecule has 1 aromatic heterocycles. The van der Waals surface area contributed by atoms with Crippen LogP contribution in [0, 0.1) is 5.92 Å². The van der Waals surface area contributed by atoms with Gasteiger partial charge in [-0.3, -0.25) is 14.4 Å². The van der Waals surface area contributed by atoms with Gasteiger partial charge < -0.3 is 31.8 Å². The predicted octanol–water partition coefficient (Wildman–Crippen LogP) is 1.80. The third-order valence-corrected chi connectivity index (χ3v) is 6.87. The normalized spacial score (nSPS) is 14.2. The van der Waals surface area contributed by atoms with Crippen LogP contribution in [0.15, 0.2) is 60.8 Å². The van der Waals surface area contributed by atoms with Gasteiger partial charge in [-0.25, -0.2) is 4.79 Å². The van der Waals surface area contributed by atoms with E-state index in [2.05, 4.69) is 33.6 Å². The average molecular weight is 568 g/mol. The number of hydrogen-bond donors (Lipinski definition) is 7. The molecular formula is C29H37N5O5S. The fraction of sp³-hybridized carbons (Fsp3) is 0.379. The van der Waals surface area contributed by atoms with Crippen molar-refractivity contribution in [1.82, 2.24) is 20.9 Å². The number of benzene rings is 2. The monoisotopic (exact) mass is 567 g/mol. The first kappa shape index (κ1) is 30.7. The number of carboxylic acid groups (broad SMARTS) is 1. The number of nitrogens with two attached hydrogens (primary N) is 1. The molecule has 4 atom stereocenters. The molecule has 10 nitrogen and oxygen atoms in total. The average Bonchev–Trinajstić information content (AvgIpc) is 3.33. The van der Waals surface area contributed by atoms with E-state index in [0.717, 1.165) is 22.0 Å². The van der Waals surface area contributed by atoms with Gasteiger partial charge in [-0.1, -0.05) is 62.4 Å². The molecule has 0 aliphatic heterocycles. The van der Waals surface area contributed by atoms with E-state index in [9.17, 15) is 24.3 Å². The number of rotatable bonds is 14. The number of carbonyl (C=O) groups excluding carboxylic acids is 3. The molecule has 0 fully saturated rings. The van der Waals surface area contributed by atoms with E-state index < -0.39 is 47.9 Å². The van der Waals surface area contributed by atoms with E-state index in [0.29, 0.717) is 6.42 Å². The van der Waals surface area contributed by atoms with Crippen LogP contribution in [0.25, 0.3) is 10.9 Å². The van der Waals surface area contributed by atoms with Gasteiger partial charge in [0.25, 0.3) is 0 Å². The molecule has 214 valence electrons. The van der Waals surface area contributed by atoms with E-state index in [1.165, 1.54) is 0 Å². The first-order valence-electron chi connectivity index (χ1n) is 13.2. The summed E-state index contributed by atoms with van der Waals surface area (Å²) in [6, 6.07) is 12.3. The molecule has 3 amide bonds. The molecule has 11 heteroatoms. The molecular weight excluding hydrogens is 530 g/mol. The summed E-state index contributed by atoms with van der Waals surface area (Å²) in [5.41, 5.74) is 8.32. The lowest BCUT2D eigenvalue weighted by Crippen LogP contribution is -2.58. The van der Waals surface area contributed by atoms with Crippen LogP contribution in [0.2, 0.25) is 0 Å². The highest BCUT2D eigenvalue weighted by Crippen LogP contribution is 2.19. The number of H-pyrrole nitrogens is 1. The summed E-state index contributed by atoms with van der Waals surface area (Å²) in [6.07, 6.45) is 2.34. The maximum atomic E-state index is 13.5. The van der Waals surface area contributed by atoms with Gasteiger partial charge in [0.05, 0.1) is 6.04 Å². The molecule has 4 unspecified atom stereocenters. The van der Waals surface area contributed by atoms with Crippen LogP contribution in [0.5, 0.6) is 0 Å². The molecule has 0 saturated heterocycles. The zero-order valence-corrected chi connectivity index (χ0v) is 23.5. The Bertz CT molecular complexity index is 1310. The molecule has 3 rings (SSSR count). The van der Waals surface area contributed by atoms with Crippen LogP contribution < -0.4 is 21.7 Å². The summed E-state index contributed by atoms with van der Waals surface area (Å²) in [5.74, 6) is -2.83. The molecule has 0 spiro atoms. The van der Waals surface area contributed by atoms with E-state index in [4.69, 9.17) is 5.73 Å². The van der Waals surface area contributed by atoms with E-state index in [-0.39, 0.29) is 24.5 Å². The summed E-state index contributed by atoms with van der Waals surface area (Å²) in [6.45, 7) is 3.87. The van der Waals surface area contributed by atoms with Crippen molar-refractivity contribution >= 4 is 47.2 Å². The predicted molar refractivity (Wildman–Crippen MR) is 157 cm³/mol. The maximum Gasteiger partial charge on any atom is 0.326 e. The first-order valence-corrected chi connectivity index (χ1v) is 13.8. The number of carboxylic acids is 1. The summed E-state index contributed by atoms with van der Waals surface area (Å²) in [5, 5.41) is 18.6. The van der Waals surface area contributed by atoms with E-state index in [1.807, 2.05) is 44.2 Å². The standard InChI is InChI=1S/C29H37N5O5S/c1-17(2)12-21(30)26(35)34-25(16-40)28(37)32-23(14-19-15-31-22-11-7-6-10-20(19)22)27(36)33-24(29(38)39)13-18-8-4-3-5-9-18/h3-11,15,17,21,23-25,31,40H,12-14,16,30H2,1-2H3,(H,32,37)(H,33,36)(H,34,35)(H,38,39). The summed E-state index contributed by atoms with van der Waals surface area (Å²) in [7, 11) is 0. The Kier molecular flexibility index (Phi) is 11.2. The molecule has 2 aromatic carbocycles. The highest BCUT2D eigenvalue weighted by molar-refractivity contribution is 7.80. The van der Waals surface area contributed by atoms with Crippen molar-refractivity contribution in [3.05, 3.63) is 71.9 Å². The van der Waals surface area contributed by atoms with Crippen LogP contribution in [0.4, 0.5) is 0 Å². The van der Waals surface area contributed by atoms with Gasteiger partial charge in [-0.2, -0.15) is 12.6 Å². The number of carbonyl (C=O) groups is 4. The second-order valence-corrected chi connectivity index (χ2v) is 10.6. The fourth-order valence-electron chi connectivity index (χ4n) is 4.41. The molecule has 40 heavy (non-hydrogen) atoms. The number of aromatic amines is 1. The lowest BCUT2D eigenvalue weighted by molar-refractivity contribution is -0.142. The van der Waals surface area contributed by atoms with Gasteiger partial charge in [-0.05, 0) is 29.5 Å². The van der Waals surface area contributed by atoms with Crippen LogP contribution in [0.1, 0.15) is 31.4 Å². The second kappa shape index (κ2) is 14.5. The summed E-state index contributed by atoms with van der Waals surface area (Å²) < 4.78 is 0. The fourth-order valence-corrected chi connectivity index (χ4v) is 4.67. The van der Waals surface area contributed by atoms with E-state index in [1.54, 1.807) is 30.5 Å². The van der Waals surface area contributed by atoms with Crippen molar-refractivity contribution in [2.75, 3.05) is 5.75 Å². The zero-order chi connectivity index (χ0) is 29.2. The third-order valence-electron chi connectivity index (χ3n) is 6.51. The summed E-state index contributed by atoms with van der Waals surface area (Å²) in [4.78, 5) is 54.5. The summed E-state index contributed by atoms with van der Waals surface area (Å²) >= 11 is 4.22. The number of aromatic nitrogens is 1. The van der Waals surface area contributed by atoms with E-state index >= 15 is 0 Å². The van der Waals surface area contributed by atoms with Crippen molar-refractivity contribution in [3.8, 4) is 0 Å². The van der Waals surface area contributed by atoms with Crippen molar-refractivity contribution < 1.29 is 24.3 Å². The van der Waals surface area contributed by atoms with Crippen molar-refractivity contribution in [2.45, 2.75) is 57.3 Å². The quantitative estimate of drug-likeness (QED) is 0.147. The van der Waals surface area contributed by atoms with Crippen LogP contribution in [0.3, 0.4) is 0 Å². The number of amides is 3. The SMILES string of the molecule is CC(C)CC(N)C(=O)NC(CS)C(=O)NC(Cc1c[nH]c2ccccc12)C(=O)NC(Cc1ccccc1)C(=O)O. The van der Waals surface area contributed by atoms with Gasteiger partial charge in [0.15, 0.2) is 0 Å². The van der Waals surface area contributed by atoms with Crippen molar-refractivity contribution in [3.63, 3.8) is 0 Å². The number of nitrogens with one attached hydrogen (secondary N) is 4. The molecule has 3 aromatic rings. The number of fused-ring (bicyclic) bond motifs is 1. The topological polar surface area (TPSA) is 166 Å². The largest absolute Gasteiger partial charge is 0.480 e. The van der Waals surface area contributed by atoms with Gasteiger partial charge >= 0.3 is 5.97 Å². The third kappa shape index (κ3) is 8.59. The number of para-hydroxylation sites is 1. The van der Waals surface area contributed by atoms with Gasteiger partial charge in [0.2, 0.25) is 17.7 Å². The molecule has 1 heterocycles. The minimum atomic E-state index is -1.22. The number of thiol groups is 1. The Labute approximate surface area is 238 Å². The molecule has 0 bridgehead atoms. The highest BCUT2D eigenvalue weighted by Gasteiger charge is 2.31. The molecule has 0 radical (unpaired) electrons. The Morgan fingerprint density at radius 3 is 2.10 bits per heavy atom. The van der Waals surface area contributed by atoms with Crippen molar-refractivity contribution in [1.29, 1.82) is 0 Å². The lowest BCUT2D eigenvalue weighted by atomic mass is 10.0.